The van der Waals surface area contributed by atoms with Crippen LogP contribution in [0.15, 0.2) is 42.6 Å². The first-order valence-corrected chi connectivity index (χ1v) is 8.70. The monoisotopic (exact) mass is 356 g/mol. The number of rotatable bonds is 7. The van der Waals surface area contributed by atoms with Gasteiger partial charge in [0, 0.05) is 38.1 Å². The van der Waals surface area contributed by atoms with Crippen molar-refractivity contribution in [3.63, 3.8) is 0 Å². The molecule has 26 heavy (non-hydrogen) atoms. The van der Waals surface area contributed by atoms with Crippen LogP contribution in [0.1, 0.15) is 10.4 Å². The zero-order valence-electron chi connectivity index (χ0n) is 14.9. The molecule has 1 aliphatic heterocycles. The topological polar surface area (TPSA) is 75.7 Å². The van der Waals surface area contributed by atoms with Crippen LogP contribution in [-0.2, 0) is 4.74 Å². The summed E-state index contributed by atoms with van der Waals surface area (Å²) in [6.07, 6.45) is 1.66. The molecule has 1 fully saturated rings. The van der Waals surface area contributed by atoms with Crippen molar-refractivity contribution in [2.75, 3.05) is 51.8 Å². The van der Waals surface area contributed by atoms with Gasteiger partial charge in [-0.25, -0.2) is 4.98 Å². The molecule has 1 amide bonds. The van der Waals surface area contributed by atoms with Crippen molar-refractivity contribution in [1.82, 2.24) is 15.2 Å². The number of morpholine rings is 1. The van der Waals surface area contributed by atoms with Gasteiger partial charge in [-0.15, -0.1) is 0 Å². The number of benzene rings is 1. The van der Waals surface area contributed by atoms with Gasteiger partial charge in [0.15, 0.2) is 0 Å². The van der Waals surface area contributed by atoms with Crippen LogP contribution < -0.4 is 15.4 Å². The van der Waals surface area contributed by atoms with E-state index in [9.17, 15) is 4.79 Å². The predicted octanol–water partition coefficient (Wildman–Crippen LogP) is 1.90. The van der Waals surface area contributed by atoms with Crippen molar-refractivity contribution in [3.8, 4) is 5.75 Å². The number of amides is 1. The maximum Gasteiger partial charge on any atom is 0.255 e. The zero-order chi connectivity index (χ0) is 18.2. The zero-order valence-corrected chi connectivity index (χ0v) is 14.9. The van der Waals surface area contributed by atoms with Crippen LogP contribution >= 0.6 is 0 Å². The fourth-order valence-electron chi connectivity index (χ4n) is 2.75. The van der Waals surface area contributed by atoms with Crippen LogP contribution in [0.5, 0.6) is 5.75 Å². The van der Waals surface area contributed by atoms with E-state index in [0.29, 0.717) is 17.9 Å². The molecular weight excluding hydrogens is 332 g/mol. The normalized spacial score (nSPS) is 14.7. The van der Waals surface area contributed by atoms with E-state index in [1.54, 1.807) is 25.4 Å². The van der Waals surface area contributed by atoms with E-state index in [2.05, 4.69) is 20.5 Å². The largest absolute Gasteiger partial charge is 0.497 e. The lowest BCUT2D eigenvalue weighted by Gasteiger charge is -2.26. The molecule has 0 radical (unpaired) electrons. The summed E-state index contributed by atoms with van der Waals surface area (Å²) < 4.78 is 10.5. The molecule has 0 atom stereocenters. The molecule has 2 heterocycles. The van der Waals surface area contributed by atoms with Crippen molar-refractivity contribution in [3.05, 3.63) is 48.2 Å². The molecule has 7 heteroatoms. The Bertz CT molecular complexity index is 715. The summed E-state index contributed by atoms with van der Waals surface area (Å²) in [5.74, 6) is 1.17. The van der Waals surface area contributed by atoms with Gasteiger partial charge in [-0.1, -0.05) is 0 Å². The highest BCUT2D eigenvalue weighted by atomic mass is 16.5. The highest BCUT2D eigenvalue weighted by Crippen LogP contribution is 2.21. The van der Waals surface area contributed by atoms with Gasteiger partial charge >= 0.3 is 0 Å². The van der Waals surface area contributed by atoms with Gasteiger partial charge < -0.3 is 20.1 Å². The summed E-state index contributed by atoms with van der Waals surface area (Å²) in [6.45, 7) is 4.74. The molecule has 1 aromatic heterocycles. The molecule has 0 saturated carbocycles. The van der Waals surface area contributed by atoms with Gasteiger partial charge in [0.05, 0.1) is 25.9 Å². The summed E-state index contributed by atoms with van der Waals surface area (Å²) in [6, 6.07) is 11.0. The number of hydrogen-bond acceptors (Lipinski definition) is 6. The Labute approximate surface area is 153 Å². The second-order valence-electron chi connectivity index (χ2n) is 5.96. The van der Waals surface area contributed by atoms with Gasteiger partial charge in [0.2, 0.25) is 0 Å². The van der Waals surface area contributed by atoms with Crippen LogP contribution in [0.25, 0.3) is 0 Å². The van der Waals surface area contributed by atoms with Crippen molar-refractivity contribution in [2.24, 2.45) is 0 Å². The van der Waals surface area contributed by atoms with Crippen LogP contribution in [0.4, 0.5) is 11.5 Å². The van der Waals surface area contributed by atoms with Gasteiger partial charge in [-0.2, -0.15) is 0 Å². The van der Waals surface area contributed by atoms with Crippen molar-refractivity contribution in [1.29, 1.82) is 0 Å². The lowest BCUT2D eigenvalue weighted by atomic mass is 10.2. The number of methoxy groups -OCH3 is 1. The number of pyridine rings is 1. The molecular formula is C19H24N4O3. The minimum absolute atomic E-state index is 0.137. The second kappa shape index (κ2) is 9.17. The SMILES string of the molecule is COc1ccc(Nc2ncccc2C(=O)NCCN2CCOCC2)cc1. The van der Waals surface area contributed by atoms with Gasteiger partial charge in [-0.05, 0) is 36.4 Å². The molecule has 138 valence electrons. The third-order valence-electron chi connectivity index (χ3n) is 4.22. The lowest BCUT2D eigenvalue weighted by Crippen LogP contribution is -2.41. The molecule has 2 aromatic rings. The summed E-state index contributed by atoms with van der Waals surface area (Å²) in [5.41, 5.74) is 1.36. The number of hydrogen-bond donors (Lipinski definition) is 2. The van der Waals surface area contributed by atoms with E-state index in [4.69, 9.17) is 9.47 Å². The minimum Gasteiger partial charge on any atom is -0.497 e. The van der Waals surface area contributed by atoms with Crippen LogP contribution in [0.2, 0.25) is 0 Å². The quantitative estimate of drug-likeness (QED) is 0.789. The molecule has 1 saturated heterocycles. The summed E-state index contributed by atoms with van der Waals surface area (Å²) in [5, 5.41) is 6.16. The Morgan fingerprint density at radius 1 is 1.23 bits per heavy atom. The van der Waals surface area contributed by atoms with Crippen LogP contribution in [-0.4, -0.2) is 62.3 Å². The standard InChI is InChI=1S/C19H24N4O3/c1-25-16-6-4-15(5-7-16)22-18-17(3-2-8-20-18)19(24)21-9-10-23-11-13-26-14-12-23/h2-8H,9-14H2,1H3,(H,20,22)(H,21,24). The van der Waals surface area contributed by atoms with E-state index < -0.39 is 0 Å². The van der Waals surface area contributed by atoms with E-state index in [0.717, 1.165) is 44.3 Å². The highest BCUT2D eigenvalue weighted by Gasteiger charge is 2.14. The average Bonchev–Trinajstić information content (AvgIpc) is 2.70. The first-order valence-electron chi connectivity index (χ1n) is 8.70. The molecule has 0 unspecified atom stereocenters. The fraction of sp³-hybridized carbons (Fsp3) is 0.368. The molecule has 0 bridgehead atoms. The first kappa shape index (κ1) is 18.2. The Hall–Kier alpha value is -2.64. The number of nitrogens with zero attached hydrogens (tertiary/aromatic N) is 2. The minimum atomic E-state index is -0.137. The maximum absolute atomic E-state index is 12.5. The average molecular weight is 356 g/mol. The molecule has 3 rings (SSSR count). The highest BCUT2D eigenvalue weighted by molar-refractivity contribution is 5.99. The smallest absolute Gasteiger partial charge is 0.255 e. The van der Waals surface area contributed by atoms with E-state index in [1.807, 2.05) is 24.3 Å². The van der Waals surface area contributed by atoms with Crippen molar-refractivity contribution < 1.29 is 14.3 Å². The summed E-state index contributed by atoms with van der Waals surface area (Å²) in [4.78, 5) is 19.1. The van der Waals surface area contributed by atoms with E-state index >= 15 is 0 Å². The number of aromatic nitrogens is 1. The Morgan fingerprint density at radius 3 is 2.73 bits per heavy atom. The first-order chi connectivity index (χ1) is 12.8. The third kappa shape index (κ3) is 4.93. The molecule has 1 aromatic carbocycles. The van der Waals surface area contributed by atoms with Crippen molar-refractivity contribution in [2.45, 2.75) is 0 Å². The molecule has 2 N–H and O–H groups in total. The van der Waals surface area contributed by atoms with Gasteiger partial charge in [-0.3, -0.25) is 9.69 Å². The molecule has 0 aliphatic carbocycles. The Balaban J connectivity index is 1.59. The number of carbonyl (C=O) groups is 1. The third-order valence-corrected chi connectivity index (χ3v) is 4.22. The fourth-order valence-corrected chi connectivity index (χ4v) is 2.75. The van der Waals surface area contributed by atoms with E-state index in [1.165, 1.54) is 0 Å². The van der Waals surface area contributed by atoms with E-state index in [-0.39, 0.29) is 5.91 Å². The van der Waals surface area contributed by atoms with Crippen LogP contribution in [0.3, 0.4) is 0 Å². The Morgan fingerprint density at radius 2 is 2.00 bits per heavy atom. The summed E-state index contributed by atoms with van der Waals surface area (Å²) in [7, 11) is 1.63. The number of carbonyl (C=O) groups excluding carboxylic acids is 1. The molecule has 1 aliphatic rings. The number of ether oxygens (including phenoxy) is 2. The van der Waals surface area contributed by atoms with Crippen LogP contribution in [0, 0.1) is 0 Å². The van der Waals surface area contributed by atoms with Crippen molar-refractivity contribution >= 4 is 17.4 Å². The Kier molecular flexibility index (Phi) is 6.40. The lowest BCUT2D eigenvalue weighted by molar-refractivity contribution is 0.0383. The van der Waals surface area contributed by atoms with Gasteiger partial charge in [0.25, 0.3) is 5.91 Å². The summed E-state index contributed by atoms with van der Waals surface area (Å²) >= 11 is 0. The number of anilines is 2. The molecule has 0 spiro atoms. The predicted molar refractivity (Wildman–Crippen MR) is 100 cm³/mol. The molecule has 7 nitrogen and oxygen atoms in total. The number of nitrogens with one attached hydrogen (secondary N) is 2. The van der Waals surface area contributed by atoms with Gasteiger partial charge in [0.1, 0.15) is 11.6 Å². The second-order valence-corrected chi connectivity index (χ2v) is 5.96. The maximum atomic E-state index is 12.5.